The molecule has 1 aromatic carbocycles. The van der Waals surface area contributed by atoms with Crippen LogP contribution >= 0.6 is 0 Å². The summed E-state index contributed by atoms with van der Waals surface area (Å²) in [5, 5.41) is 4.78. The topological polar surface area (TPSA) is 24.9 Å². The first-order valence-corrected chi connectivity index (χ1v) is 6.21. The van der Waals surface area contributed by atoms with Crippen molar-refractivity contribution in [3.05, 3.63) is 36.0 Å². The van der Waals surface area contributed by atoms with Gasteiger partial charge in [0.15, 0.2) is 0 Å². The predicted octanol–water partition coefficient (Wildman–Crippen LogP) is 4.00. The fourth-order valence-corrected chi connectivity index (χ4v) is 1.84. The third-order valence-corrected chi connectivity index (χ3v) is 3.23. The van der Waals surface area contributed by atoms with E-state index < -0.39 is 0 Å². The number of benzene rings is 1. The van der Waals surface area contributed by atoms with E-state index in [9.17, 15) is 0 Å². The van der Waals surface area contributed by atoms with Gasteiger partial charge in [0.2, 0.25) is 0 Å². The molecule has 1 N–H and O–H groups in total. The lowest BCUT2D eigenvalue weighted by Crippen LogP contribution is -2.21. The number of fused-ring (bicyclic) bond motifs is 1. The zero-order valence-electron chi connectivity index (χ0n) is 11.0. The summed E-state index contributed by atoms with van der Waals surface area (Å²) < 4.78 is 0. The van der Waals surface area contributed by atoms with Gasteiger partial charge in [-0.15, -0.1) is 0 Å². The Labute approximate surface area is 103 Å². The first-order chi connectivity index (χ1) is 8.08. The summed E-state index contributed by atoms with van der Waals surface area (Å²) in [6.45, 7) is 8.72. The van der Waals surface area contributed by atoms with E-state index in [-0.39, 0.29) is 0 Å². The number of aryl methyl sites for hydroxylation is 1. The van der Waals surface area contributed by atoms with Crippen molar-refractivity contribution in [2.24, 2.45) is 5.92 Å². The molecule has 1 unspecified atom stereocenters. The van der Waals surface area contributed by atoms with Crippen molar-refractivity contribution in [1.29, 1.82) is 0 Å². The van der Waals surface area contributed by atoms with Crippen molar-refractivity contribution < 1.29 is 0 Å². The smallest absolute Gasteiger partial charge is 0.0725 e. The summed E-state index contributed by atoms with van der Waals surface area (Å²) in [6, 6.07) is 10.9. The third kappa shape index (κ3) is 2.57. The van der Waals surface area contributed by atoms with Crippen molar-refractivity contribution in [2.45, 2.75) is 33.7 Å². The zero-order valence-corrected chi connectivity index (χ0v) is 11.0. The van der Waals surface area contributed by atoms with Crippen LogP contribution in [-0.4, -0.2) is 11.0 Å². The third-order valence-electron chi connectivity index (χ3n) is 3.23. The Morgan fingerprint density at radius 2 is 1.82 bits per heavy atom. The predicted molar refractivity (Wildman–Crippen MR) is 74.4 cm³/mol. The number of para-hydroxylation sites is 1. The molecule has 2 aromatic rings. The number of nitrogens with zero attached hydrogens (tertiary/aromatic N) is 1. The molecule has 17 heavy (non-hydrogen) atoms. The Morgan fingerprint density at radius 3 is 2.53 bits per heavy atom. The summed E-state index contributed by atoms with van der Waals surface area (Å²) >= 11 is 0. The molecule has 2 heteroatoms. The molecule has 2 rings (SSSR count). The minimum atomic E-state index is 0.459. The average Bonchev–Trinajstić information content (AvgIpc) is 2.28. The van der Waals surface area contributed by atoms with Crippen LogP contribution in [0.4, 0.5) is 5.69 Å². The van der Waals surface area contributed by atoms with Crippen LogP contribution in [0.5, 0.6) is 0 Å². The summed E-state index contributed by atoms with van der Waals surface area (Å²) in [4.78, 5) is 4.55. The van der Waals surface area contributed by atoms with E-state index in [1.165, 1.54) is 11.1 Å². The molecule has 1 aromatic heterocycles. The first-order valence-electron chi connectivity index (χ1n) is 6.21. The van der Waals surface area contributed by atoms with Crippen LogP contribution in [0, 0.1) is 12.8 Å². The highest BCUT2D eigenvalue weighted by Crippen LogP contribution is 2.24. The van der Waals surface area contributed by atoms with Gasteiger partial charge in [0, 0.05) is 22.8 Å². The molecule has 1 atom stereocenters. The Hall–Kier alpha value is -1.57. The van der Waals surface area contributed by atoms with E-state index in [0.29, 0.717) is 12.0 Å². The minimum absolute atomic E-state index is 0.459. The summed E-state index contributed by atoms with van der Waals surface area (Å²) in [6.07, 6.45) is 0. The molecule has 0 bridgehead atoms. The number of anilines is 1. The van der Waals surface area contributed by atoms with E-state index in [0.717, 1.165) is 11.2 Å². The summed E-state index contributed by atoms with van der Waals surface area (Å²) in [5.74, 6) is 0.613. The van der Waals surface area contributed by atoms with E-state index in [1.54, 1.807) is 0 Å². The molecule has 0 fully saturated rings. The van der Waals surface area contributed by atoms with Gasteiger partial charge >= 0.3 is 0 Å². The van der Waals surface area contributed by atoms with Gasteiger partial charge in [-0.3, -0.25) is 4.98 Å². The van der Waals surface area contributed by atoms with E-state index in [2.05, 4.69) is 55.3 Å². The average molecular weight is 228 g/mol. The largest absolute Gasteiger partial charge is 0.382 e. The SMILES string of the molecule is Cc1cc(NC(C)C(C)C)c2ccccc2n1. The van der Waals surface area contributed by atoms with Crippen molar-refractivity contribution >= 4 is 16.6 Å². The number of nitrogens with one attached hydrogen (secondary N) is 1. The molecule has 0 saturated carbocycles. The molecule has 90 valence electrons. The Kier molecular flexibility index (Phi) is 3.32. The fraction of sp³-hybridized carbons (Fsp3) is 0.400. The molecule has 0 spiro atoms. The monoisotopic (exact) mass is 228 g/mol. The van der Waals surface area contributed by atoms with Crippen LogP contribution in [-0.2, 0) is 0 Å². The van der Waals surface area contributed by atoms with Crippen molar-refractivity contribution in [2.75, 3.05) is 5.32 Å². The molecule has 0 aliphatic rings. The minimum Gasteiger partial charge on any atom is -0.382 e. The highest BCUT2D eigenvalue weighted by Gasteiger charge is 2.09. The van der Waals surface area contributed by atoms with Crippen LogP contribution in [0.3, 0.4) is 0 Å². The van der Waals surface area contributed by atoms with Crippen LogP contribution in [0.25, 0.3) is 10.9 Å². The normalized spacial score (nSPS) is 13.0. The maximum atomic E-state index is 4.55. The van der Waals surface area contributed by atoms with Crippen molar-refractivity contribution in [1.82, 2.24) is 4.98 Å². The van der Waals surface area contributed by atoms with Gasteiger partial charge in [-0.2, -0.15) is 0 Å². The number of hydrogen-bond donors (Lipinski definition) is 1. The van der Waals surface area contributed by atoms with Gasteiger partial charge in [-0.1, -0.05) is 32.0 Å². The van der Waals surface area contributed by atoms with Gasteiger partial charge < -0.3 is 5.32 Å². The Bertz CT molecular complexity index is 517. The lowest BCUT2D eigenvalue weighted by molar-refractivity contribution is 0.560. The molecular weight excluding hydrogens is 208 g/mol. The lowest BCUT2D eigenvalue weighted by Gasteiger charge is -2.20. The van der Waals surface area contributed by atoms with Gasteiger partial charge in [0.1, 0.15) is 0 Å². The number of hydrogen-bond acceptors (Lipinski definition) is 2. The van der Waals surface area contributed by atoms with Crippen molar-refractivity contribution in [3.63, 3.8) is 0 Å². The summed E-state index contributed by atoms with van der Waals surface area (Å²) in [7, 11) is 0. The number of aromatic nitrogens is 1. The molecule has 0 saturated heterocycles. The molecule has 1 heterocycles. The second-order valence-corrected chi connectivity index (χ2v) is 5.01. The highest BCUT2D eigenvalue weighted by atomic mass is 14.9. The molecule has 2 nitrogen and oxygen atoms in total. The fourth-order valence-electron chi connectivity index (χ4n) is 1.84. The standard InChI is InChI=1S/C15H20N2/c1-10(2)12(4)17-15-9-11(3)16-14-8-6-5-7-13(14)15/h5-10,12H,1-4H3,(H,16,17). The highest BCUT2D eigenvalue weighted by molar-refractivity contribution is 5.91. The van der Waals surface area contributed by atoms with Crippen LogP contribution in [0.2, 0.25) is 0 Å². The molecule has 0 amide bonds. The second kappa shape index (κ2) is 4.74. The van der Waals surface area contributed by atoms with Gasteiger partial charge in [-0.05, 0) is 31.9 Å². The van der Waals surface area contributed by atoms with Crippen molar-refractivity contribution in [3.8, 4) is 0 Å². The molecule has 0 radical (unpaired) electrons. The van der Waals surface area contributed by atoms with Gasteiger partial charge in [0.25, 0.3) is 0 Å². The maximum Gasteiger partial charge on any atom is 0.0725 e. The number of rotatable bonds is 3. The quantitative estimate of drug-likeness (QED) is 0.859. The first kappa shape index (κ1) is 11.9. The zero-order chi connectivity index (χ0) is 12.4. The second-order valence-electron chi connectivity index (χ2n) is 5.01. The molecule has 0 aliphatic heterocycles. The van der Waals surface area contributed by atoms with Crippen LogP contribution < -0.4 is 5.32 Å². The Morgan fingerprint density at radius 1 is 1.12 bits per heavy atom. The molecule has 0 aliphatic carbocycles. The van der Waals surface area contributed by atoms with Crippen LogP contribution in [0.1, 0.15) is 26.5 Å². The van der Waals surface area contributed by atoms with E-state index in [1.807, 2.05) is 13.0 Å². The van der Waals surface area contributed by atoms with Gasteiger partial charge in [-0.25, -0.2) is 0 Å². The summed E-state index contributed by atoms with van der Waals surface area (Å²) in [5.41, 5.74) is 3.31. The molecular formula is C15H20N2. The maximum absolute atomic E-state index is 4.55. The van der Waals surface area contributed by atoms with E-state index in [4.69, 9.17) is 0 Å². The number of pyridine rings is 1. The van der Waals surface area contributed by atoms with E-state index >= 15 is 0 Å². The Balaban J connectivity index is 2.45. The van der Waals surface area contributed by atoms with Gasteiger partial charge in [0.05, 0.1) is 5.52 Å². The lowest BCUT2D eigenvalue weighted by atomic mass is 10.1. The van der Waals surface area contributed by atoms with Crippen LogP contribution in [0.15, 0.2) is 30.3 Å².